The van der Waals surface area contributed by atoms with Crippen molar-refractivity contribution >= 4 is 39.8 Å². The van der Waals surface area contributed by atoms with Crippen LogP contribution >= 0.6 is 23.6 Å². The Bertz CT molecular complexity index is 868. The third kappa shape index (κ3) is 3.49. The standard InChI is InChI=1S/C16H22N4O2S2/c1-6-7-19-14-13(24-16(19)23)15(22)18(9-17-14)8-12(21)20(10(2)3)11(4)5/h6,9-11H,1,7-8H2,2-5H3. The van der Waals surface area contributed by atoms with E-state index >= 15 is 0 Å². The summed E-state index contributed by atoms with van der Waals surface area (Å²) in [5.74, 6) is -0.0997. The van der Waals surface area contributed by atoms with E-state index in [9.17, 15) is 9.59 Å². The summed E-state index contributed by atoms with van der Waals surface area (Å²) in [5, 5.41) is 0. The van der Waals surface area contributed by atoms with Gasteiger partial charge in [-0.1, -0.05) is 17.4 Å². The highest BCUT2D eigenvalue weighted by Crippen LogP contribution is 2.17. The van der Waals surface area contributed by atoms with Crippen molar-refractivity contribution < 1.29 is 4.79 Å². The lowest BCUT2D eigenvalue weighted by Gasteiger charge is -2.30. The second-order valence-corrected chi connectivity index (χ2v) is 7.73. The summed E-state index contributed by atoms with van der Waals surface area (Å²) in [6.45, 7) is 12.0. The first-order valence-electron chi connectivity index (χ1n) is 7.78. The third-order valence-electron chi connectivity index (χ3n) is 3.66. The molecule has 130 valence electrons. The number of amides is 1. The van der Waals surface area contributed by atoms with E-state index < -0.39 is 0 Å². The van der Waals surface area contributed by atoms with Gasteiger partial charge in [0.1, 0.15) is 17.6 Å². The average molecular weight is 367 g/mol. The van der Waals surface area contributed by atoms with Crippen LogP contribution in [0.3, 0.4) is 0 Å². The van der Waals surface area contributed by atoms with E-state index in [2.05, 4.69) is 11.6 Å². The molecule has 2 rings (SSSR count). The summed E-state index contributed by atoms with van der Waals surface area (Å²) >= 11 is 6.51. The van der Waals surface area contributed by atoms with Gasteiger partial charge in [-0.15, -0.1) is 6.58 Å². The summed E-state index contributed by atoms with van der Waals surface area (Å²) in [6, 6.07) is 0.140. The quantitative estimate of drug-likeness (QED) is 0.583. The van der Waals surface area contributed by atoms with E-state index in [4.69, 9.17) is 12.2 Å². The molecule has 6 nitrogen and oxygen atoms in total. The lowest BCUT2D eigenvalue weighted by atomic mass is 10.2. The van der Waals surface area contributed by atoms with Crippen molar-refractivity contribution in [3.05, 3.63) is 33.3 Å². The zero-order chi connectivity index (χ0) is 18.0. The lowest BCUT2D eigenvalue weighted by Crippen LogP contribution is -2.44. The van der Waals surface area contributed by atoms with E-state index in [1.54, 1.807) is 15.5 Å². The molecule has 2 aromatic rings. The van der Waals surface area contributed by atoms with Crippen LogP contribution in [0, 0.1) is 3.95 Å². The molecular weight excluding hydrogens is 344 g/mol. The zero-order valence-corrected chi connectivity index (χ0v) is 16.0. The molecule has 0 aliphatic rings. The maximum Gasteiger partial charge on any atom is 0.273 e. The fraction of sp³-hybridized carbons (Fsp3) is 0.500. The minimum absolute atomic E-state index is 0.0236. The van der Waals surface area contributed by atoms with Crippen LogP contribution < -0.4 is 5.56 Å². The predicted molar refractivity (Wildman–Crippen MR) is 100 cm³/mol. The predicted octanol–water partition coefficient (Wildman–Crippen LogP) is 2.82. The van der Waals surface area contributed by atoms with Crippen molar-refractivity contribution in [2.45, 2.75) is 52.9 Å². The van der Waals surface area contributed by atoms with Gasteiger partial charge in [0, 0.05) is 18.6 Å². The molecule has 0 atom stereocenters. The Morgan fingerprint density at radius 3 is 2.58 bits per heavy atom. The third-order valence-corrected chi connectivity index (χ3v) is 5.09. The van der Waals surface area contributed by atoms with Gasteiger partial charge in [-0.2, -0.15) is 0 Å². The summed E-state index contributed by atoms with van der Waals surface area (Å²) in [4.78, 5) is 31.3. The number of rotatable bonds is 6. The molecular formula is C16H22N4O2S2. The number of nitrogens with zero attached hydrogens (tertiary/aromatic N) is 4. The van der Waals surface area contributed by atoms with Crippen molar-refractivity contribution in [1.82, 2.24) is 19.0 Å². The van der Waals surface area contributed by atoms with Gasteiger partial charge in [-0.25, -0.2) is 4.98 Å². The van der Waals surface area contributed by atoms with Crippen LogP contribution in [0.5, 0.6) is 0 Å². The van der Waals surface area contributed by atoms with Gasteiger partial charge in [0.2, 0.25) is 5.91 Å². The van der Waals surface area contributed by atoms with Crippen molar-refractivity contribution in [1.29, 1.82) is 0 Å². The van der Waals surface area contributed by atoms with Crippen molar-refractivity contribution in [2.75, 3.05) is 0 Å². The molecule has 0 aliphatic heterocycles. The van der Waals surface area contributed by atoms with Gasteiger partial charge >= 0.3 is 0 Å². The van der Waals surface area contributed by atoms with Gasteiger partial charge in [-0.3, -0.25) is 14.2 Å². The maximum atomic E-state index is 12.7. The van der Waals surface area contributed by atoms with Crippen LogP contribution in [0.15, 0.2) is 23.8 Å². The lowest BCUT2D eigenvalue weighted by molar-refractivity contribution is -0.135. The number of aromatic nitrogens is 3. The Morgan fingerprint density at radius 2 is 2.04 bits per heavy atom. The van der Waals surface area contributed by atoms with Crippen LogP contribution in [0.4, 0.5) is 0 Å². The first-order valence-corrected chi connectivity index (χ1v) is 9.01. The number of carbonyl (C=O) groups excluding carboxylic acids is 1. The van der Waals surface area contributed by atoms with Crippen LogP contribution in [-0.2, 0) is 17.9 Å². The molecule has 0 fully saturated rings. The molecule has 24 heavy (non-hydrogen) atoms. The van der Waals surface area contributed by atoms with Crippen molar-refractivity contribution in [3.8, 4) is 0 Å². The molecule has 1 amide bonds. The summed E-state index contributed by atoms with van der Waals surface area (Å²) in [6.07, 6.45) is 3.13. The molecule has 0 radical (unpaired) electrons. The average Bonchev–Trinajstić information content (AvgIpc) is 2.79. The molecule has 2 heterocycles. The zero-order valence-electron chi connectivity index (χ0n) is 14.4. The maximum absolute atomic E-state index is 12.7. The second-order valence-electron chi connectivity index (χ2n) is 6.09. The summed E-state index contributed by atoms with van der Waals surface area (Å²) in [7, 11) is 0. The van der Waals surface area contributed by atoms with Crippen LogP contribution in [0.2, 0.25) is 0 Å². The van der Waals surface area contributed by atoms with E-state index in [0.717, 1.165) is 0 Å². The topological polar surface area (TPSA) is 60.1 Å². The largest absolute Gasteiger partial charge is 0.336 e. The molecule has 0 aliphatic carbocycles. The van der Waals surface area contributed by atoms with Gasteiger partial charge in [0.15, 0.2) is 9.60 Å². The molecule has 2 aromatic heterocycles. The smallest absolute Gasteiger partial charge is 0.273 e. The molecule has 0 spiro atoms. The van der Waals surface area contributed by atoms with Gasteiger partial charge in [0.25, 0.3) is 5.56 Å². The van der Waals surface area contributed by atoms with Crippen molar-refractivity contribution in [3.63, 3.8) is 0 Å². The van der Waals surface area contributed by atoms with Gasteiger partial charge < -0.3 is 9.47 Å². The fourth-order valence-corrected chi connectivity index (χ4v) is 4.09. The highest BCUT2D eigenvalue weighted by atomic mass is 32.1. The van der Waals surface area contributed by atoms with Gasteiger partial charge in [0.05, 0.1) is 0 Å². The number of fused-ring (bicyclic) bond motifs is 1. The number of hydrogen-bond acceptors (Lipinski definition) is 5. The molecule has 0 saturated heterocycles. The van der Waals surface area contributed by atoms with E-state index in [1.807, 2.05) is 27.7 Å². The minimum Gasteiger partial charge on any atom is -0.336 e. The second kappa shape index (κ2) is 7.40. The summed E-state index contributed by atoms with van der Waals surface area (Å²) < 4.78 is 4.17. The fourth-order valence-electron chi connectivity index (χ4n) is 2.77. The highest BCUT2D eigenvalue weighted by Gasteiger charge is 2.21. The number of carbonyl (C=O) groups is 1. The summed E-state index contributed by atoms with van der Waals surface area (Å²) in [5.41, 5.74) is 0.308. The number of hydrogen-bond donors (Lipinski definition) is 0. The molecule has 0 bridgehead atoms. The molecule has 0 aromatic carbocycles. The minimum atomic E-state index is -0.236. The highest BCUT2D eigenvalue weighted by molar-refractivity contribution is 7.73. The van der Waals surface area contributed by atoms with Crippen LogP contribution in [-0.4, -0.2) is 37.0 Å². The SMILES string of the molecule is C=CCn1c(=S)sc2c(=O)n(CC(=O)N(C(C)C)C(C)C)cnc21. The Balaban J connectivity index is 2.43. The molecule has 0 unspecified atom stereocenters. The molecule has 0 N–H and O–H groups in total. The van der Waals surface area contributed by atoms with E-state index in [-0.39, 0.29) is 30.1 Å². The van der Waals surface area contributed by atoms with Crippen LogP contribution in [0.25, 0.3) is 10.3 Å². The molecule has 0 saturated carbocycles. The normalized spacial score (nSPS) is 11.4. The first-order chi connectivity index (χ1) is 11.3. The number of allylic oxidation sites excluding steroid dienone is 1. The number of thiazole rings is 1. The Morgan fingerprint density at radius 1 is 1.42 bits per heavy atom. The van der Waals surface area contributed by atoms with Gasteiger partial charge in [-0.05, 0) is 39.9 Å². The van der Waals surface area contributed by atoms with E-state index in [0.29, 0.717) is 20.8 Å². The Kier molecular flexibility index (Phi) is 5.71. The monoisotopic (exact) mass is 366 g/mol. The van der Waals surface area contributed by atoms with Crippen LogP contribution in [0.1, 0.15) is 27.7 Å². The van der Waals surface area contributed by atoms with Crippen molar-refractivity contribution in [2.24, 2.45) is 0 Å². The Labute approximate surface area is 150 Å². The Hall–Kier alpha value is -1.80. The van der Waals surface area contributed by atoms with E-state index in [1.165, 1.54) is 22.2 Å². The first kappa shape index (κ1) is 18.5. The molecule has 8 heteroatoms.